The highest BCUT2D eigenvalue weighted by atomic mass is 32.2. The van der Waals surface area contributed by atoms with Crippen LogP contribution in [-0.4, -0.2) is 23.8 Å². The maximum atomic E-state index is 10.8. The second kappa shape index (κ2) is 4.78. The van der Waals surface area contributed by atoms with Gasteiger partial charge in [-0.05, 0) is 25.2 Å². The lowest BCUT2D eigenvalue weighted by Crippen LogP contribution is -1.98. The van der Waals surface area contributed by atoms with Gasteiger partial charge in [-0.15, -0.1) is 11.8 Å². The lowest BCUT2D eigenvalue weighted by Gasteiger charge is -1.94. The Morgan fingerprint density at radius 2 is 2.33 bits per heavy atom. The normalized spacial score (nSPS) is 20.5. The molecule has 1 heterocycles. The van der Waals surface area contributed by atoms with E-state index in [2.05, 4.69) is 11.6 Å². The van der Waals surface area contributed by atoms with Gasteiger partial charge in [0.15, 0.2) is 0 Å². The largest absolute Gasteiger partial charge is 0.294 e. The fraction of sp³-hybridized carbons (Fsp3) is 0.222. The molecule has 0 atom stereocenters. The molecule has 82 valence electrons. The van der Waals surface area contributed by atoms with E-state index < -0.39 is 10.1 Å². The van der Waals surface area contributed by atoms with E-state index >= 15 is 0 Å². The summed E-state index contributed by atoms with van der Waals surface area (Å²) in [6, 6.07) is 0. The molecule has 4 nitrogen and oxygen atoms in total. The second-order valence-electron chi connectivity index (χ2n) is 2.83. The molecule has 1 aliphatic rings. The van der Waals surface area contributed by atoms with E-state index in [1.165, 1.54) is 6.08 Å². The molecule has 6 heteroatoms. The number of thioether (sulfide) groups is 1. The first-order valence-electron chi connectivity index (χ1n) is 4.12. The predicted molar refractivity (Wildman–Crippen MR) is 63.5 cm³/mol. The molecule has 15 heavy (non-hydrogen) atoms. The third-order valence-corrected chi connectivity index (χ3v) is 3.52. The van der Waals surface area contributed by atoms with Crippen molar-refractivity contribution in [1.82, 2.24) is 0 Å². The molecular weight excluding hydrogens is 234 g/mol. The lowest BCUT2D eigenvalue weighted by molar-refractivity contribution is 0.492. The molecule has 0 amide bonds. The summed E-state index contributed by atoms with van der Waals surface area (Å²) in [6.45, 7) is 5.19. The monoisotopic (exact) mass is 245 g/mol. The van der Waals surface area contributed by atoms with Gasteiger partial charge in [0.2, 0.25) is 0 Å². The Labute approximate surface area is 93.2 Å². The summed E-state index contributed by atoms with van der Waals surface area (Å²) in [6.07, 6.45) is 3.94. The standard InChI is InChI=1S/C9H11NO3S2/c1-3-9(15(11,12)13)5-4-8-6-14-7(2)10-8/h3-5H,1,6H2,2H3,(H,11,12,13)/b8-4+,9-5+. The van der Waals surface area contributed by atoms with E-state index in [0.29, 0.717) is 0 Å². The highest BCUT2D eigenvalue weighted by Gasteiger charge is 2.10. The Morgan fingerprint density at radius 3 is 2.73 bits per heavy atom. The Bertz CT molecular complexity index is 458. The number of hydrogen-bond acceptors (Lipinski definition) is 4. The van der Waals surface area contributed by atoms with Crippen LogP contribution in [0.5, 0.6) is 0 Å². The first kappa shape index (κ1) is 12.2. The third kappa shape index (κ3) is 3.65. The van der Waals surface area contributed by atoms with Crippen molar-refractivity contribution in [2.24, 2.45) is 4.99 Å². The van der Waals surface area contributed by atoms with Crippen molar-refractivity contribution < 1.29 is 13.0 Å². The van der Waals surface area contributed by atoms with Crippen LogP contribution in [-0.2, 0) is 10.1 Å². The number of allylic oxidation sites excluding steroid dienone is 3. The van der Waals surface area contributed by atoms with Gasteiger partial charge in [-0.1, -0.05) is 6.58 Å². The SMILES string of the molecule is C=C/C(=C\C=C1/CSC(C)=N1)S(=O)(=O)O. The molecule has 0 saturated heterocycles. The maximum absolute atomic E-state index is 10.8. The van der Waals surface area contributed by atoms with Crippen LogP contribution in [0.25, 0.3) is 0 Å². The number of rotatable bonds is 3. The summed E-state index contributed by atoms with van der Waals surface area (Å²) < 4.78 is 30.3. The van der Waals surface area contributed by atoms with Crippen LogP contribution in [0.15, 0.2) is 40.4 Å². The average Bonchev–Trinajstić information content (AvgIpc) is 2.50. The van der Waals surface area contributed by atoms with Crippen molar-refractivity contribution in [1.29, 1.82) is 0 Å². The maximum Gasteiger partial charge on any atom is 0.294 e. The van der Waals surface area contributed by atoms with Gasteiger partial charge in [0.25, 0.3) is 10.1 Å². The molecule has 0 aromatic heterocycles. The fourth-order valence-electron chi connectivity index (χ4n) is 0.968. The Morgan fingerprint density at radius 1 is 1.67 bits per heavy atom. The molecule has 0 bridgehead atoms. The Hall–Kier alpha value is -0.850. The molecule has 0 fully saturated rings. The van der Waals surface area contributed by atoms with Gasteiger partial charge in [-0.3, -0.25) is 9.55 Å². The van der Waals surface area contributed by atoms with E-state index in [4.69, 9.17) is 4.55 Å². The molecule has 0 saturated carbocycles. The van der Waals surface area contributed by atoms with Gasteiger partial charge in [-0.25, -0.2) is 0 Å². The van der Waals surface area contributed by atoms with Crippen LogP contribution in [0.4, 0.5) is 0 Å². The molecule has 0 radical (unpaired) electrons. The molecule has 0 aromatic carbocycles. The van der Waals surface area contributed by atoms with Gasteiger partial charge in [0.05, 0.1) is 15.6 Å². The second-order valence-corrected chi connectivity index (χ2v) is 5.42. The number of aliphatic imine (C=N–C) groups is 1. The van der Waals surface area contributed by atoms with Crippen molar-refractivity contribution in [2.75, 3.05) is 5.75 Å². The lowest BCUT2D eigenvalue weighted by atomic mass is 10.4. The zero-order valence-corrected chi connectivity index (χ0v) is 9.81. The van der Waals surface area contributed by atoms with Gasteiger partial charge in [-0.2, -0.15) is 8.42 Å². The highest BCUT2D eigenvalue weighted by molar-refractivity contribution is 8.14. The third-order valence-electron chi connectivity index (χ3n) is 1.67. The smallest absolute Gasteiger partial charge is 0.282 e. The molecule has 0 spiro atoms. The average molecular weight is 245 g/mol. The first-order chi connectivity index (χ1) is 6.93. The van der Waals surface area contributed by atoms with Gasteiger partial charge < -0.3 is 0 Å². The van der Waals surface area contributed by atoms with Gasteiger partial charge in [0, 0.05) is 5.75 Å². The Balaban J connectivity index is 2.93. The van der Waals surface area contributed by atoms with Crippen molar-refractivity contribution in [2.45, 2.75) is 6.92 Å². The molecule has 0 unspecified atom stereocenters. The minimum atomic E-state index is -4.18. The molecule has 1 aliphatic heterocycles. The molecule has 1 N–H and O–H groups in total. The summed E-state index contributed by atoms with van der Waals surface area (Å²) in [5.74, 6) is 0.720. The van der Waals surface area contributed by atoms with Crippen molar-refractivity contribution in [3.63, 3.8) is 0 Å². The highest BCUT2D eigenvalue weighted by Crippen LogP contribution is 2.20. The van der Waals surface area contributed by atoms with Crippen LogP contribution in [0.3, 0.4) is 0 Å². The van der Waals surface area contributed by atoms with Crippen LogP contribution in [0.2, 0.25) is 0 Å². The van der Waals surface area contributed by atoms with E-state index in [0.717, 1.165) is 22.6 Å². The Kier molecular flexibility index (Phi) is 3.90. The summed E-state index contributed by atoms with van der Waals surface area (Å²) in [4.78, 5) is 3.94. The summed E-state index contributed by atoms with van der Waals surface area (Å²) in [7, 11) is -4.18. The quantitative estimate of drug-likeness (QED) is 0.610. The van der Waals surface area contributed by atoms with Crippen molar-refractivity contribution >= 4 is 26.9 Å². The molecular formula is C9H11NO3S2. The van der Waals surface area contributed by atoms with Crippen LogP contribution in [0, 0.1) is 0 Å². The van der Waals surface area contributed by atoms with Crippen LogP contribution < -0.4 is 0 Å². The predicted octanol–water partition coefficient (Wildman–Crippen LogP) is 1.99. The van der Waals surface area contributed by atoms with E-state index in [-0.39, 0.29) is 4.91 Å². The van der Waals surface area contributed by atoms with Crippen LogP contribution >= 0.6 is 11.8 Å². The summed E-state index contributed by atoms with van der Waals surface area (Å²) in [5, 5.41) is 0.946. The summed E-state index contributed by atoms with van der Waals surface area (Å²) in [5.41, 5.74) is 0.778. The minimum Gasteiger partial charge on any atom is -0.282 e. The summed E-state index contributed by atoms with van der Waals surface area (Å²) >= 11 is 1.59. The number of nitrogens with zero attached hydrogens (tertiary/aromatic N) is 1. The van der Waals surface area contributed by atoms with Gasteiger partial charge in [0.1, 0.15) is 0 Å². The molecule has 1 rings (SSSR count). The van der Waals surface area contributed by atoms with E-state index in [9.17, 15) is 8.42 Å². The number of hydrogen-bond donors (Lipinski definition) is 1. The molecule has 0 aromatic rings. The molecule has 0 aliphatic carbocycles. The van der Waals surface area contributed by atoms with Crippen molar-refractivity contribution in [3.8, 4) is 0 Å². The topological polar surface area (TPSA) is 66.7 Å². The zero-order valence-electron chi connectivity index (χ0n) is 8.17. The minimum absolute atomic E-state index is 0.222. The van der Waals surface area contributed by atoms with E-state index in [1.807, 2.05) is 6.92 Å². The first-order valence-corrected chi connectivity index (χ1v) is 6.55. The fourth-order valence-corrected chi connectivity index (χ4v) is 2.12. The van der Waals surface area contributed by atoms with Crippen LogP contribution in [0.1, 0.15) is 6.92 Å². The zero-order chi connectivity index (χ0) is 11.5. The van der Waals surface area contributed by atoms with E-state index in [1.54, 1.807) is 17.8 Å². The van der Waals surface area contributed by atoms with Gasteiger partial charge >= 0.3 is 0 Å². The van der Waals surface area contributed by atoms with Crippen molar-refractivity contribution in [3.05, 3.63) is 35.4 Å².